The molecule has 0 spiro atoms. The Kier molecular flexibility index (Phi) is 9.17. The molecule has 0 amide bonds. The summed E-state index contributed by atoms with van der Waals surface area (Å²) in [5, 5.41) is 43.7. The third kappa shape index (κ3) is 5.55. The molecule has 8 unspecified atom stereocenters. The van der Waals surface area contributed by atoms with Gasteiger partial charge in [-0.05, 0) is 19.9 Å². The van der Waals surface area contributed by atoms with Crippen LogP contribution in [0.2, 0.25) is 0 Å². The van der Waals surface area contributed by atoms with Gasteiger partial charge >= 0.3 is 0 Å². The first-order valence-electron chi connectivity index (χ1n) is 12.3. The third-order valence-electron chi connectivity index (χ3n) is 7.59. The van der Waals surface area contributed by atoms with Crippen molar-refractivity contribution in [1.82, 2.24) is 5.32 Å². The zero-order valence-corrected chi connectivity index (χ0v) is 20.1. The Bertz CT molecular complexity index is 731. The number of aliphatic hydroxyl groups excluding tert-OH is 4. The number of nitrogens with two attached hydrogens (primary N) is 4. The first kappa shape index (κ1) is 28.4. The molecule has 0 aromatic carbocycles. The number of aliphatic hydroxyl groups is 4. The minimum absolute atomic E-state index is 0.0473. The molecule has 3 saturated heterocycles. The van der Waals surface area contributed by atoms with Crippen molar-refractivity contribution in [2.75, 3.05) is 13.7 Å². The number of ether oxygens (including phenoxy) is 5. The molecule has 4 fully saturated rings. The lowest BCUT2D eigenvalue weighted by Gasteiger charge is -2.51. The average Bonchev–Trinajstić information content (AvgIpc) is 2.83. The van der Waals surface area contributed by atoms with Gasteiger partial charge in [-0.2, -0.15) is 0 Å². The lowest BCUT2D eigenvalue weighted by molar-refractivity contribution is -0.360. The highest BCUT2D eigenvalue weighted by molar-refractivity contribution is 5.01. The molecule has 3 aliphatic heterocycles. The van der Waals surface area contributed by atoms with E-state index in [2.05, 4.69) is 5.32 Å². The Labute approximate surface area is 208 Å². The molecule has 16 atom stereocenters. The SMILES string of the molecule is CNC1C(O[C@@H]2C[C@@H](O)[C@H](N)C(CO)O2)O[C@H]2CC(N)[C@@H](O[C@@H]3C(N)C[C@@H](N)C(O)[C@H]3F)OC2C1O. The molecule has 1 aliphatic carbocycles. The van der Waals surface area contributed by atoms with Crippen LogP contribution in [0.3, 0.4) is 0 Å². The summed E-state index contributed by atoms with van der Waals surface area (Å²) >= 11 is 0. The first-order chi connectivity index (χ1) is 17.0. The van der Waals surface area contributed by atoms with Crippen molar-refractivity contribution in [2.45, 2.75) is 117 Å². The fraction of sp³-hybridized carbons (Fsp3) is 1.00. The van der Waals surface area contributed by atoms with Gasteiger partial charge in [0.1, 0.15) is 30.5 Å². The van der Waals surface area contributed by atoms with E-state index in [0.29, 0.717) is 0 Å². The summed E-state index contributed by atoms with van der Waals surface area (Å²) in [6, 6.07) is -3.89. The molecule has 210 valence electrons. The molecule has 1 saturated carbocycles. The highest BCUT2D eigenvalue weighted by Gasteiger charge is 2.53. The molecule has 0 aromatic rings. The van der Waals surface area contributed by atoms with E-state index in [-0.39, 0.29) is 19.3 Å². The van der Waals surface area contributed by atoms with Crippen LogP contribution in [-0.4, -0.2) is 132 Å². The summed E-state index contributed by atoms with van der Waals surface area (Å²) in [5.74, 6) is 0. The molecule has 3 heterocycles. The van der Waals surface area contributed by atoms with Crippen LogP contribution in [0.4, 0.5) is 4.39 Å². The van der Waals surface area contributed by atoms with Gasteiger partial charge in [0.2, 0.25) is 0 Å². The molecule has 36 heavy (non-hydrogen) atoms. The molecule has 15 heteroatoms. The minimum atomic E-state index is -1.82. The molecule has 4 rings (SSSR count). The van der Waals surface area contributed by atoms with Crippen LogP contribution in [0.5, 0.6) is 0 Å². The fourth-order valence-electron chi connectivity index (χ4n) is 5.40. The van der Waals surface area contributed by atoms with Gasteiger partial charge in [-0.25, -0.2) is 4.39 Å². The van der Waals surface area contributed by atoms with Gasteiger partial charge in [0, 0.05) is 18.5 Å². The minimum Gasteiger partial charge on any atom is -0.394 e. The van der Waals surface area contributed by atoms with Crippen molar-refractivity contribution in [2.24, 2.45) is 22.9 Å². The van der Waals surface area contributed by atoms with Crippen molar-refractivity contribution >= 4 is 0 Å². The van der Waals surface area contributed by atoms with Crippen molar-refractivity contribution < 1.29 is 48.5 Å². The number of likely N-dealkylation sites (N-methyl/N-ethyl adjacent to an activating group) is 1. The van der Waals surface area contributed by atoms with Crippen LogP contribution in [0.1, 0.15) is 19.3 Å². The van der Waals surface area contributed by atoms with Gasteiger partial charge in [0.05, 0.1) is 36.9 Å². The maximum absolute atomic E-state index is 14.7. The molecular weight excluding hydrogens is 485 g/mol. The lowest BCUT2D eigenvalue weighted by Crippen LogP contribution is -2.69. The van der Waals surface area contributed by atoms with Crippen LogP contribution in [0.15, 0.2) is 0 Å². The maximum atomic E-state index is 14.7. The van der Waals surface area contributed by atoms with Crippen molar-refractivity contribution in [3.63, 3.8) is 0 Å². The Hall–Kier alpha value is -0.630. The number of hydrogen-bond donors (Lipinski definition) is 9. The van der Waals surface area contributed by atoms with Crippen molar-refractivity contribution in [3.05, 3.63) is 0 Å². The zero-order valence-electron chi connectivity index (χ0n) is 20.1. The summed E-state index contributed by atoms with van der Waals surface area (Å²) in [6.07, 6.45) is -11.6. The Balaban J connectivity index is 1.41. The van der Waals surface area contributed by atoms with Gasteiger partial charge in [-0.1, -0.05) is 0 Å². The van der Waals surface area contributed by atoms with Crippen LogP contribution in [0.25, 0.3) is 0 Å². The van der Waals surface area contributed by atoms with E-state index in [9.17, 15) is 24.8 Å². The third-order valence-corrected chi connectivity index (χ3v) is 7.59. The highest BCUT2D eigenvalue weighted by Crippen LogP contribution is 2.35. The molecule has 4 aliphatic rings. The van der Waals surface area contributed by atoms with E-state index >= 15 is 0 Å². The number of rotatable bonds is 6. The molecule has 14 nitrogen and oxygen atoms in total. The van der Waals surface area contributed by atoms with Crippen molar-refractivity contribution in [1.29, 1.82) is 0 Å². The van der Waals surface area contributed by atoms with Crippen LogP contribution in [0, 0.1) is 0 Å². The van der Waals surface area contributed by atoms with Gasteiger partial charge in [0.15, 0.2) is 25.0 Å². The van der Waals surface area contributed by atoms with Crippen molar-refractivity contribution in [3.8, 4) is 0 Å². The second-order valence-corrected chi connectivity index (χ2v) is 10.1. The zero-order chi connectivity index (χ0) is 26.3. The van der Waals surface area contributed by atoms with E-state index in [1.807, 2.05) is 0 Å². The number of alkyl halides is 1. The summed E-state index contributed by atoms with van der Waals surface area (Å²) in [5.41, 5.74) is 23.9. The number of halogens is 1. The quantitative estimate of drug-likeness (QED) is 0.158. The summed E-state index contributed by atoms with van der Waals surface area (Å²) in [7, 11) is 1.60. The normalized spacial score (nSPS) is 54.2. The standard InChI is InChI=1S/C21H40FN5O9/c1-27-15-17(31)19-10(33-21(15)34-12-4-9(29)14(26)11(5-28)32-12)3-8(25)20(36-19)35-18-7(24)2-6(23)16(30)13(18)22/h6-21,27-31H,2-5,23-26H2,1H3/t6-,7?,8?,9-,10+,11?,12-,13-,14+,15?,16?,17?,18-,19?,20+,21?/m1/s1. The van der Waals surface area contributed by atoms with Gasteiger partial charge in [-0.3, -0.25) is 0 Å². The van der Waals surface area contributed by atoms with E-state index in [4.69, 9.17) is 46.6 Å². The Morgan fingerprint density at radius 2 is 1.61 bits per heavy atom. The number of hydrogen-bond acceptors (Lipinski definition) is 14. The number of fused-ring (bicyclic) bond motifs is 1. The smallest absolute Gasteiger partial charge is 0.179 e. The largest absolute Gasteiger partial charge is 0.394 e. The van der Waals surface area contributed by atoms with E-state index < -0.39 is 105 Å². The Morgan fingerprint density at radius 1 is 0.889 bits per heavy atom. The van der Waals surface area contributed by atoms with E-state index in [1.165, 1.54) is 0 Å². The molecular formula is C21H40FN5O9. The second kappa shape index (κ2) is 11.6. The van der Waals surface area contributed by atoms with Gasteiger partial charge in [0.25, 0.3) is 0 Å². The topological polar surface area (TPSA) is 243 Å². The number of nitrogens with one attached hydrogen (secondary N) is 1. The van der Waals surface area contributed by atoms with Gasteiger partial charge in [-0.15, -0.1) is 0 Å². The predicted molar refractivity (Wildman–Crippen MR) is 121 cm³/mol. The molecule has 13 N–H and O–H groups in total. The summed E-state index contributed by atoms with van der Waals surface area (Å²) in [6.45, 7) is -0.399. The van der Waals surface area contributed by atoms with Crippen LogP contribution >= 0.6 is 0 Å². The molecule has 0 radical (unpaired) electrons. The molecule has 0 aromatic heterocycles. The fourth-order valence-corrected chi connectivity index (χ4v) is 5.40. The average molecular weight is 526 g/mol. The van der Waals surface area contributed by atoms with E-state index in [0.717, 1.165) is 0 Å². The van der Waals surface area contributed by atoms with Crippen LogP contribution in [-0.2, 0) is 23.7 Å². The van der Waals surface area contributed by atoms with Gasteiger partial charge < -0.3 is 72.4 Å². The second-order valence-electron chi connectivity index (χ2n) is 10.1. The monoisotopic (exact) mass is 525 g/mol. The van der Waals surface area contributed by atoms with Crippen LogP contribution < -0.4 is 28.3 Å². The molecule has 0 bridgehead atoms. The first-order valence-corrected chi connectivity index (χ1v) is 12.3. The predicted octanol–water partition coefficient (Wildman–Crippen LogP) is -4.94. The summed E-state index contributed by atoms with van der Waals surface area (Å²) in [4.78, 5) is 0. The van der Waals surface area contributed by atoms with E-state index in [1.54, 1.807) is 7.05 Å². The Morgan fingerprint density at radius 3 is 2.28 bits per heavy atom. The maximum Gasteiger partial charge on any atom is 0.179 e. The lowest BCUT2D eigenvalue weighted by atomic mass is 9.85. The highest BCUT2D eigenvalue weighted by atomic mass is 19.1. The summed E-state index contributed by atoms with van der Waals surface area (Å²) < 4.78 is 44.1.